The third-order valence-electron chi connectivity index (χ3n) is 5.06. The van der Waals surface area contributed by atoms with E-state index in [4.69, 9.17) is 0 Å². The molecule has 26 heavy (non-hydrogen) atoms. The largest absolute Gasteiger partial charge is 0.370 e. The standard InChI is InChI=1S/C19H24BrN5O/c20-14-3-4-15-16(19(26)23-7-10-24-8-1-2-9-24)12-25(17(15)11-14)13-18-21-5-6-22-18/h3-4,11-12H,1-2,5-10,13H2,(H,21,22)(H,23,26). The lowest BCUT2D eigenvalue weighted by atomic mass is 10.1. The van der Waals surface area contributed by atoms with Crippen LogP contribution in [-0.2, 0) is 6.54 Å². The van der Waals surface area contributed by atoms with Gasteiger partial charge in [-0.3, -0.25) is 9.79 Å². The summed E-state index contributed by atoms with van der Waals surface area (Å²) in [5.74, 6) is 0.972. The van der Waals surface area contributed by atoms with Gasteiger partial charge in [-0.2, -0.15) is 0 Å². The summed E-state index contributed by atoms with van der Waals surface area (Å²) >= 11 is 3.54. The van der Waals surface area contributed by atoms with Crippen LogP contribution in [-0.4, -0.2) is 60.5 Å². The van der Waals surface area contributed by atoms with E-state index < -0.39 is 0 Å². The van der Waals surface area contributed by atoms with E-state index in [1.807, 2.05) is 18.3 Å². The molecular formula is C19H24BrN5O. The number of nitrogens with one attached hydrogen (secondary N) is 2. The summed E-state index contributed by atoms with van der Waals surface area (Å²) in [6.07, 6.45) is 4.49. The first-order valence-corrected chi connectivity index (χ1v) is 10.1. The van der Waals surface area contributed by atoms with E-state index >= 15 is 0 Å². The lowest BCUT2D eigenvalue weighted by Gasteiger charge is -2.14. The number of amidine groups is 1. The number of aliphatic imine (C=N–C) groups is 1. The number of benzene rings is 1. The van der Waals surface area contributed by atoms with E-state index in [-0.39, 0.29) is 5.91 Å². The number of halogens is 1. The van der Waals surface area contributed by atoms with Gasteiger partial charge in [0.1, 0.15) is 5.84 Å². The van der Waals surface area contributed by atoms with E-state index in [0.717, 1.165) is 59.5 Å². The fourth-order valence-electron chi connectivity index (χ4n) is 3.72. The number of carbonyl (C=O) groups excluding carboxylic acids is 1. The van der Waals surface area contributed by atoms with Crippen LogP contribution in [0, 0.1) is 0 Å². The highest BCUT2D eigenvalue weighted by atomic mass is 79.9. The van der Waals surface area contributed by atoms with E-state index in [1.54, 1.807) is 0 Å². The van der Waals surface area contributed by atoms with Gasteiger partial charge in [0.15, 0.2) is 0 Å². The molecule has 0 atom stereocenters. The second-order valence-electron chi connectivity index (χ2n) is 6.89. The van der Waals surface area contributed by atoms with Crippen molar-refractivity contribution in [1.29, 1.82) is 0 Å². The van der Waals surface area contributed by atoms with Gasteiger partial charge in [-0.1, -0.05) is 22.0 Å². The van der Waals surface area contributed by atoms with Crippen molar-refractivity contribution in [2.24, 2.45) is 4.99 Å². The third kappa shape index (κ3) is 3.78. The Bertz CT molecular complexity index is 838. The zero-order valence-corrected chi connectivity index (χ0v) is 16.4. The molecular weight excluding hydrogens is 394 g/mol. The number of rotatable bonds is 6. The summed E-state index contributed by atoms with van der Waals surface area (Å²) in [5, 5.41) is 7.37. The number of amides is 1. The van der Waals surface area contributed by atoms with Crippen LogP contribution >= 0.6 is 15.9 Å². The number of fused-ring (bicyclic) bond motifs is 1. The average Bonchev–Trinajstić information content (AvgIpc) is 3.37. The molecule has 7 heteroatoms. The molecule has 1 aromatic heterocycles. The summed E-state index contributed by atoms with van der Waals surface area (Å²) in [5.41, 5.74) is 1.77. The predicted octanol–water partition coefficient (Wildman–Crippen LogP) is 2.23. The molecule has 3 heterocycles. The summed E-state index contributed by atoms with van der Waals surface area (Å²) in [7, 11) is 0. The van der Waals surface area contributed by atoms with Crippen LogP contribution in [0.5, 0.6) is 0 Å². The van der Waals surface area contributed by atoms with Crippen molar-refractivity contribution in [2.75, 3.05) is 39.3 Å². The topological polar surface area (TPSA) is 61.7 Å². The molecule has 0 aliphatic carbocycles. The molecule has 1 amide bonds. The van der Waals surface area contributed by atoms with Crippen molar-refractivity contribution in [3.8, 4) is 0 Å². The first-order chi connectivity index (χ1) is 12.7. The molecule has 2 aliphatic rings. The first-order valence-electron chi connectivity index (χ1n) is 9.27. The molecule has 0 bridgehead atoms. The number of aromatic nitrogens is 1. The van der Waals surface area contributed by atoms with Gasteiger partial charge in [0.25, 0.3) is 5.91 Å². The first kappa shape index (κ1) is 17.5. The highest BCUT2D eigenvalue weighted by molar-refractivity contribution is 9.10. The SMILES string of the molecule is O=C(NCCN1CCCC1)c1cn(CC2=NCCN2)c2cc(Br)ccc12. The van der Waals surface area contributed by atoms with Gasteiger partial charge < -0.3 is 20.1 Å². The van der Waals surface area contributed by atoms with Crippen LogP contribution < -0.4 is 10.6 Å². The quantitative estimate of drug-likeness (QED) is 0.757. The van der Waals surface area contributed by atoms with Gasteiger partial charge in [-0.05, 0) is 38.1 Å². The number of nitrogens with zero attached hydrogens (tertiary/aromatic N) is 3. The van der Waals surface area contributed by atoms with Gasteiger partial charge >= 0.3 is 0 Å². The van der Waals surface area contributed by atoms with Crippen LogP contribution in [0.15, 0.2) is 33.9 Å². The number of likely N-dealkylation sites (tertiary alicyclic amines) is 1. The minimum atomic E-state index is -0.00316. The Labute approximate surface area is 161 Å². The van der Waals surface area contributed by atoms with E-state index in [2.05, 4.69) is 47.1 Å². The summed E-state index contributed by atoms with van der Waals surface area (Å²) in [6, 6.07) is 6.06. The maximum atomic E-state index is 12.8. The molecule has 2 aromatic rings. The maximum Gasteiger partial charge on any atom is 0.253 e. The second-order valence-corrected chi connectivity index (χ2v) is 7.81. The molecule has 2 aliphatic heterocycles. The molecule has 138 valence electrons. The lowest BCUT2D eigenvalue weighted by Crippen LogP contribution is -2.33. The van der Waals surface area contributed by atoms with Crippen LogP contribution in [0.1, 0.15) is 23.2 Å². The minimum absolute atomic E-state index is 0.00316. The van der Waals surface area contributed by atoms with Crippen molar-refractivity contribution < 1.29 is 4.79 Å². The van der Waals surface area contributed by atoms with Gasteiger partial charge in [0.2, 0.25) is 0 Å². The number of hydrogen-bond acceptors (Lipinski definition) is 4. The summed E-state index contributed by atoms with van der Waals surface area (Å²) < 4.78 is 3.11. The third-order valence-corrected chi connectivity index (χ3v) is 5.56. The Balaban J connectivity index is 1.52. The highest BCUT2D eigenvalue weighted by Crippen LogP contribution is 2.25. The molecule has 1 fully saturated rings. The molecule has 0 unspecified atom stereocenters. The monoisotopic (exact) mass is 417 g/mol. The fraction of sp³-hybridized carbons (Fsp3) is 0.474. The Hall–Kier alpha value is -1.86. The Morgan fingerprint density at radius 1 is 1.31 bits per heavy atom. The van der Waals surface area contributed by atoms with Crippen LogP contribution in [0.3, 0.4) is 0 Å². The Morgan fingerprint density at radius 2 is 2.15 bits per heavy atom. The van der Waals surface area contributed by atoms with Crippen LogP contribution in [0.4, 0.5) is 0 Å². The number of hydrogen-bond donors (Lipinski definition) is 2. The van der Waals surface area contributed by atoms with E-state index in [0.29, 0.717) is 13.1 Å². The van der Waals surface area contributed by atoms with E-state index in [1.165, 1.54) is 12.8 Å². The maximum absolute atomic E-state index is 12.8. The molecule has 0 spiro atoms. The van der Waals surface area contributed by atoms with Gasteiger partial charge in [-0.25, -0.2) is 0 Å². The van der Waals surface area contributed by atoms with Crippen LogP contribution in [0.2, 0.25) is 0 Å². The lowest BCUT2D eigenvalue weighted by molar-refractivity contribution is 0.0951. The molecule has 4 rings (SSSR count). The van der Waals surface area contributed by atoms with Gasteiger partial charge in [-0.15, -0.1) is 0 Å². The molecule has 0 saturated carbocycles. The normalized spacial score (nSPS) is 17.5. The van der Waals surface area contributed by atoms with Crippen molar-refractivity contribution in [3.63, 3.8) is 0 Å². The van der Waals surface area contributed by atoms with Crippen molar-refractivity contribution in [1.82, 2.24) is 20.1 Å². The fourth-order valence-corrected chi connectivity index (χ4v) is 4.07. The van der Waals surface area contributed by atoms with Crippen molar-refractivity contribution in [3.05, 3.63) is 34.4 Å². The smallest absolute Gasteiger partial charge is 0.253 e. The number of carbonyl (C=O) groups is 1. The van der Waals surface area contributed by atoms with Crippen molar-refractivity contribution in [2.45, 2.75) is 19.4 Å². The second kappa shape index (κ2) is 7.80. The highest BCUT2D eigenvalue weighted by Gasteiger charge is 2.18. The zero-order chi connectivity index (χ0) is 17.9. The van der Waals surface area contributed by atoms with E-state index in [9.17, 15) is 4.79 Å². The minimum Gasteiger partial charge on any atom is -0.370 e. The Morgan fingerprint density at radius 3 is 2.92 bits per heavy atom. The molecule has 0 radical (unpaired) electrons. The van der Waals surface area contributed by atoms with Crippen LogP contribution in [0.25, 0.3) is 10.9 Å². The molecule has 1 saturated heterocycles. The average molecular weight is 418 g/mol. The predicted molar refractivity (Wildman–Crippen MR) is 108 cm³/mol. The molecule has 1 aromatic carbocycles. The summed E-state index contributed by atoms with van der Waals surface area (Å²) in [6.45, 7) is 6.29. The Kier molecular flexibility index (Phi) is 5.26. The van der Waals surface area contributed by atoms with Gasteiger partial charge in [0, 0.05) is 35.7 Å². The summed E-state index contributed by atoms with van der Waals surface area (Å²) in [4.78, 5) is 19.6. The van der Waals surface area contributed by atoms with Crippen molar-refractivity contribution >= 4 is 38.6 Å². The molecule has 2 N–H and O–H groups in total. The van der Waals surface area contributed by atoms with Gasteiger partial charge in [0.05, 0.1) is 24.2 Å². The zero-order valence-electron chi connectivity index (χ0n) is 14.8. The molecule has 6 nitrogen and oxygen atoms in total.